The molecule has 1 aliphatic heterocycles. The van der Waals surface area contributed by atoms with Crippen LogP contribution in [-0.2, 0) is 4.74 Å². The maximum absolute atomic E-state index is 6.01. The van der Waals surface area contributed by atoms with Crippen LogP contribution in [0.1, 0.15) is 35.8 Å². The average Bonchev–Trinajstić information content (AvgIpc) is 3.48. The fraction of sp³-hybridized carbons (Fsp3) is 0.700. The van der Waals surface area contributed by atoms with Crippen molar-refractivity contribution in [3.8, 4) is 11.5 Å². The van der Waals surface area contributed by atoms with Crippen molar-refractivity contribution >= 4 is 0 Å². The highest BCUT2D eigenvalue weighted by Crippen LogP contribution is 3.07. The van der Waals surface area contributed by atoms with Gasteiger partial charge in [0.15, 0.2) is 0 Å². The molecule has 1 heterocycles. The third-order valence-electron chi connectivity index (χ3n) is 9.38. The van der Waals surface area contributed by atoms with Crippen molar-refractivity contribution in [3.05, 3.63) is 23.3 Å². The first-order valence-electron chi connectivity index (χ1n) is 9.20. The van der Waals surface area contributed by atoms with E-state index in [1.165, 1.54) is 24.0 Å². The molecule has 7 aliphatic carbocycles. The molecule has 3 heteroatoms. The third-order valence-corrected chi connectivity index (χ3v) is 9.38. The lowest BCUT2D eigenvalue weighted by Gasteiger charge is -2.50. The van der Waals surface area contributed by atoms with E-state index < -0.39 is 0 Å². The van der Waals surface area contributed by atoms with Crippen LogP contribution in [0.4, 0.5) is 0 Å². The minimum absolute atomic E-state index is 0.575. The Morgan fingerprint density at radius 2 is 1.39 bits per heavy atom. The highest BCUT2D eigenvalue weighted by atomic mass is 16.6. The second-order valence-corrected chi connectivity index (χ2v) is 9.16. The SMILES string of the molecule is COc1ccc(OC)c2c1C1C3C4C3C3C15CC1OC1CC35C24. The number of epoxide rings is 1. The summed E-state index contributed by atoms with van der Waals surface area (Å²) in [6.45, 7) is 0. The summed E-state index contributed by atoms with van der Waals surface area (Å²) in [6.07, 6.45) is 3.85. The molecule has 0 amide bonds. The number of rotatable bonds is 2. The van der Waals surface area contributed by atoms with Crippen molar-refractivity contribution in [1.29, 1.82) is 0 Å². The molecule has 23 heavy (non-hydrogen) atoms. The van der Waals surface area contributed by atoms with E-state index in [0.29, 0.717) is 23.0 Å². The molecule has 1 aromatic carbocycles. The summed E-state index contributed by atoms with van der Waals surface area (Å²) >= 11 is 0. The van der Waals surface area contributed by atoms with E-state index in [1.807, 2.05) is 14.2 Å². The minimum atomic E-state index is 0.575. The second kappa shape index (κ2) is 2.81. The Balaban J connectivity index is 1.48. The average molecular weight is 308 g/mol. The Labute approximate surface area is 135 Å². The van der Waals surface area contributed by atoms with Crippen molar-refractivity contribution in [1.82, 2.24) is 0 Å². The zero-order valence-electron chi connectivity index (χ0n) is 13.4. The largest absolute Gasteiger partial charge is 0.496 e. The van der Waals surface area contributed by atoms with Crippen LogP contribution in [0.5, 0.6) is 11.5 Å². The third kappa shape index (κ3) is 0.782. The van der Waals surface area contributed by atoms with Crippen LogP contribution in [-0.4, -0.2) is 26.4 Å². The minimum Gasteiger partial charge on any atom is -0.496 e. The van der Waals surface area contributed by atoms with Gasteiger partial charge in [-0.25, -0.2) is 0 Å². The molecule has 0 radical (unpaired) electrons. The number of benzene rings is 1. The first kappa shape index (κ1) is 11.4. The predicted octanol–water partition coefficient (Wildman–Crippen LogP) is 2.94. The summed E-state index contributed by atoms with van der Waals surface area (Å²) in [4.78, 5) is 0. The quantitative estimate of drug-likeness (QED) is 0.787. The van der Waals surface area contributed by atoms with E-state index in [-0.39, 0.29) is 0 Å². The highest BCUT2D eigenvalue weighted by Gasteiger charge is 3.03. The van der Waals surface area contributed by atoms with Crippen LogP contribution in [0.2, 0.25) is 0 Å². The Bertz CT molecular complexity index is 767. The van der Waals surface area contributed by atoms with Crippen LogP contribution in [0, 0.1) is 34.5 Å². The van der Waals surface area contributed by atoms with Gasteiger partial charge in [-0.2, -0.15) is 0 Å². The molecule has 0 aromatic heterocycles. The monoisotopic (exact) mass is 308 g/mol. The summed E-state index contributed by atoms with van der Waals surface area (Å²) in [7, 11) is 3.67. The molecule has 6 fully saturated rings. The molecule has 8 unspecified atom stereocenters. The van der Waals surface area contributed by atoms with Gasteiger partial charge in [0.2, 0.25) is 0 Å². The van der Waals surface area contributed by atoms with Crippen LogP contribution in [0.3, 0.4) is 0 Å². The number of hydrogen-bond donors (Lipinski definition) is 0. The van der Waals surface area contributed by atoms with Crippen molar-refractivity contribution in [2.45, 2.75) is 36.9 Å². The van der Waals surface area contributed by atoms with E-state index in [9.17, 15) is 0 Å². The van der Waals surface area contributed by atoms with Gasteiger partial charge in [0.05, 0.1) is 26.4 Å². The van der Waals surface area contributed by atoms with E-state index in [1.54, 1.807) is 0 Å². The lowest BCUT2D eigenvalue weighted by atomic mass is 9.52. The van der Waals surface area contributed by atoms with E-state index in [2.05, 4.69) is 12.1 Å². The van der Waals surface area contributed by atoms with Crippen LogP contribution in [0.15, 0.2) is 12.1 Å². The highest BCUT2D eigenvalue weighted by molar-refractivity contribution is 5.69. The summed E-state index contributed by atoms with van der Waals surface area (Å²) < 4.78 is 17.7. The zero-order valence-corrected chi connectivity index (χ0v) is 13.4. The van der Waals surface area contributed by atoms with Gasteiger partial charge in [-0.05, 0) is 71.3 Å². The summed E-state index contributed by atoms with van der Waals surface area (Å²) in [5.41, 5.74) is 4.23. The van der Waals surface area contributed by atoms with E-state index in [0.717, 1.165) is 47.0 Å². The molecule has 2 bridgehead atoms. The van der Waals surface area contributed by atoms with Gasteiger partial charge in [0.1, 0.15) is 11.5 Å². The molecule has 2 spiro atoms. The second-order valence-electron chi connectivity index (χ2n) is 9.16. The normalized spacial score (nSPS) is 62.2. The fourth-order valence-corrected chi connectivity index (χ4v) is 9.33. The van der Waals surface area contributed by atoms with E-state index >= 15 is 0 Å². The van der Waals surface area contributed by atoms with Gasteiger partial charge in [-0.3, -0.25) is 0 Å². The molecule has 3 nitrogen and oxygen atoms in total. The number of methoxy groups -OCH3 is 2. The van der Waals surface area contributed by atoms with Gasteiger partial charge >= 0.3 is 0 Å². The predicted molar refractivity (Wildman–Crippen MR) is 81.7 cm³/mol. The summed E-state index contributed by atoms with van der Waals surface area (Å²) in [5.74, 6) is 7.63. The Hall–Kier alpha value is -1.22. The van der Waals surface area contributed by atoms with Gasteiger partial charge in [0.25, 0.3) is 0 Å². The fourth-order valence-electron chi connectivity index (χ4n) is 9.33. The van der Waals surface area contributed by atoms with Gasteiger partial charge in [-0.15, -0.1) is 0 Å². The Morgan fingerprint density at radius 1 is 0.870 bits per heavy atom. The van der Waals surface area contributed by atoms with Gasteiger partial charge < -0.3 is 14.2 Å². The van der Waals surface area contributed by atoms with Crippen molar-refractivity contribution in [2.75, 3.05) is 14.2 Å². The lowest BCUT2D eigenvalue weighted by Crippen LogP contribution is -2.43. The standard InChI is InChI=1S/C20H20O3/c1-21-7-3-4-8(22-2)12-11(7)16-13-14-15(13)18-19(16)5-9-10(23-9)6-20(18,19)17(12)14/h3-4,9-10,13-18H,5-6H2,1-2H3. The topological polar surface area (TPSA) is 31.0 Å². The molecule has 9 rings (SSSR count). The summed E-state index contributed by atoms with van der Waals surface area (Å²) in [5, 5.41) is 0. The lowest BCUT2D eigenvalue weighted by molar-refractivity contribution is 0.101. The first-order chi connectivity index (χ1) is 11.3. The van der Waals surface area contributed by atoms with E-state index in [4.69, 9.17) is 14.2 Å². The molecule has 0 N–H and O–H groups in total. The zero-order chi connectivity index (χ0) is 14.9. The van der Waals surface area contributed by atoms with Crippen LogP contribution < -0.4 is 9.47 Å². The van der Waals surface area contributed by atoms with Crippen molar-refractivity contribution in [2.24, 2.45) is 34.5 Å². The molecule has 1 aromatic rings. The maximum Gasteiger partial charge on any atom is 0.122 e. The number of ether oxygens (including phenoxy) is 3. The molecular weight excluding hydrogens is 288 g/mol. The van der Waals surface area contributed by atoms with Gasteiger partial charge in [-0.1, -0.05) is 0 Å². The van der Waals surface area contributed by atoms with Crippen LogP contribution >= 0.6 is 0 Å². The number of hydrogen-bond acceptors (Lipinski definition) is 3. The Kier molecular flexibility index (Phi) is 1.39. The molecule has 118 valence electrons. The van der Waals surface area contributed by atoms with Crippen molar-refractivity contribution < 1.29 is 14.2 Å². The molecule has 1 saturated heterocycles. The number of fused-ring (bicyclic) bond motifs is 1. The molecule has 8 atom stereocenters. The maximum atomic E-state index is 6.01. The first-order valence-corrected chi connectivity index (χ1v) is 9.20. The van der Waals surface area contributed by atoms with Gasteiger partial charge in [0, 0.05) is 11.1 Å². The van der Waals surface area contributed by atoms with Crippen LogP contribution in [0.25, 0.3) is 0 Å². The molecular formula is C20H20O3. The van der Waals surface area contributed by atoms with Crippen molar-refractivity contribution in [3.63, 3.8) is 0 Å². The molecule has 8 aliphatic rings. The molecule has 5 saturated carbocycles. The smallest absolute Gasteiger partial charge is 0.122 e. The Morgan fingerprint density at radius 3 is 1.87 bits per heavy atom. The summed E-state index contributed by atoms with van der Waals surface area (Å²) in [6, 6.07) is 4.29.